The highest BCUT2D eigenvalue weighted by Crippen LogP contribution is 2.25. The minimum absolute atomic E-state index is 1.22. The average molecular weight is 225 g/mol. The molecule has 88 valence electrons. The highest BCUT2D eigenvalue weighted by Gasteiger charge is 2.01. The first-order chi connectivity index (χ1) is 8.26. The Morgan fingerprint density at radius 2 is 1.53 bits per heavy atom. The number of hydrogen-bond donors (Lipinski definition) is 1. The molecule has 3 aromatic rings. The van der Waals surface area contributed by atoms with Gasteiger partial charge in [0.25, 0.3) is 0 Å². The smallest absolute Gasteiger partial charge is 0.0465 e. The van der Waals surface area contributed by atoms with Crippen molar-refractivity contribution in [1.82, 2.24) is 4.98 Å². The lowest BCUT2D eigenvalue weighted by molar-refractivity contribution is 1.09. The molecule has 0 spiro atoms. The van der Waals surface area contributed by atoms with Crippen LogP contribution in [0.15, 0.2) is 42.5 Å². The highest BCUT2D eigenvalue weighted by atomic mass is 14.7. The van der Waals surface area contributed by atoms with Crippen molar-refractivity contribution in [2.45, 2.75) is 27.2 Å². The highest BCUT2D eigenvalue weighted by molar-refractivity contribution is 6.07. The van der Waals surface area contributed by atoms with Crippen LogP contribution in [-0.2, 0) is 0 Å². The van der Waals surface area contributed by atoms with Crippen LogP contribution >= 0.6 is 0 Å². The summed E-state index contributed by atoms with van der Waals surface area (Å²) in [4.78, 5) is 3.41. The summed E-state index contributed by atoms with van der Waals surface area (Å²) in [5.41, 5.74) is 3.74. The molecule has 1 aromatic heterocycles. The first-order valence-electron chi connectivity index (χ1n) is 6.23. The third-order valence-electron chi connectivity index (χ3n) is 2.66. The van der Waals surface area contributed by atoms with Gasteiger partial charge in [0, 0.05) is 21.8 Å². The molecule has 3 rings (SSSR count). The second kappa shape index (κ2) is 5.05. The van der Waals surface area contributed by atoms with Crippen LogP contribution in [0.3, 0.4) is 0 Å². The second-order valence-electron chi connectivity index (χ2n) is 4.43. The van der Waals surface area contributed by atoms with Crippen LogP contribution in [0.4, 0.5) is 0 Å². The van der Waals surface area contributed by atoms with E-state index in [0.717, 1.165) is 0 Å². The fourth-order valence-corrected chi connectivity index (χ4v) is 1.96. The molecule has 0 saturated carbocycles. The average Bonchev–Trinajstić information content (AvgIpc) is 2.68. The van der Waals surface area contributed by atoms with Gasteiger partial charge < -0.3 is 4.98 Å². The molecule has 0 unspecified atom stereocenters. The molecule has 1 heterocycles. The fraction of sp³-hybridized carbons (Fsp3) is 0.250. The van der Waals surface area contributed by atoms with Gasteiger partial charge in [-0.05, 0) is 25.1 Å². The molecule has 0 amide bonds. The maximum Gasteiger partial charge on any atom is 0.0465 e. The Kier molecular flexibility index (Phi) is 3.48. The number of hydrogen-bond acceptors (Lipinski definition) is 0. The van der Waals surface area contributed by atoms with E-state index in [0.29, 0.717) is 0 Å². The monoisotopic (exact) mass is 225 g/mol. The molecule has 17 heavy (non-hydrogen) atoms. The van der Waals surface area contributed by atoms with Crippen LogP contribution in [-0.4, -0.2) is 4.98 Å². The second-order valence-corrected chi connectivity index (χ2v) is 4.43. The maximum atomic E-state index is 3.41. The lowest BCUT2D eigenvalue weighted by atomic mass is 10.1. The quantitative estimate of drug-likeness (QED) is 0.551. The summed E-state index contributed by atoms with van der Waals surface area (Å²) in [6.45, 7) is 6.38. The van der Waals surface area contributed by atoms with Gasteiger partial charge in [-0.25, -0.2) is 0 Å². The topological polar surface area (TPSA) is 15.8 Å². The van der Waals surface area contributed by atoms with Crippen LogP contribution in [0, 0.1) is 6.92 Å². The Labute approximate surface area is 102 Å². The summed E-state index contributed by atoms with van der Waals surface area (Å²) in [7, 11) is 0. The molecule has 1 N–H and O–H groups in total. The zero-order valence-electron chi connectivity index (χ0n) is 10.7. The van der Waals surface area contributed by atoms with Crippen LogP contribution in [0.1, 0.15) is 25.8 Å². The van der Waals surface area contributed by atoms with E-state index in [1.54, 1.807) is 0 Å². The Morgan fingerprint density at radius 3 is 2.29 bits per heavy atom. The number of aromatic amines is 1. The first kappa shape index (κ1) is 11.7. The molecule has 0 atom stereocenters. The summed E-state index contributed by atoms with van der Waals surface area (Å²) < 4.78 is 0. The van der Waals surface area contributed by atoms with E-state index < -0.39 is 0 Å². The molecule has 0 bridgehead atoms. The zero-order valence-corrected chi connectivity index (χ0v) is 10.7. The van der Waals surface area contributed by atoms with Crippen LogP contribution in [0.2, 0.25) is 0 Å². The van der Waals surface area contributed by atoms with Gasteiger partial charge in [-0.1, -0.05) is 50.1 Å². The number of benzene rings is 2. The first-order valence-corrected chi connectivity index (χ1v) is 6.23. The number of fused-ring (bicyclic) bond motifs is 3. The molecule has 0 aliphatic rings. The van der Waals surface area contributed by atoms with E-state index in [9.17, 15) is 0 Å². The van der Waals surface area contributed by atoms with Crippen molar-refractivity contribution >= 4 is 21.8 Å². The zero-order chi connectivity index (χ0) is 12.3. The maximum absolute atomic E-state index is 3.41. The fourth-order valence-electron chi connectivity index (χ4n) is 1.96. The Bertz CT molecular complexity index is 620. The SMILES string of the molecule is CCC.Cc1ccc2[nH]c3ccccc3c2c1. The van der Waals surface area contributed by atoms with Gasteiger partial charge in [-0.15, -0.1) is 0 Å². The number of aromatic nitrogens is 1. The molecule has 0 aliphatic carbocycles. The molecule has 0 radical (unpaired) electrons. The summed E-state index contributed by atoms with van der Waals surface area (Å²) in [5.74, 6) is 0. The van der Waals surface area contributed by atoms with Gasteiger partial charge in [0.15, 0.2) is 0 Å². The summed E-state index contributed by atoms with van der Waals surface area (Å²) in [6, 6.07) is 14.9. The number of aryl methyl sites for hydroxylation is 1. The van der Waals surface area contributed by atoms with Crippen LogP contribution in [0.25, 0.3) is 21.8 Å². The molecule has 2 aromatic carbocycles. The van der Waals surface area contributed by atoms with Crippen molar-refractivity contribution in [2.75, 3.05) is 0 Å². The third kappa shape index (κ3) is 2.33. The van der Waals surface area contributed by atoms with E-state index in [1.165, 1.54) is 33.8 Å². The predicted molar refractivity (Wildman–Crippen MR) is 76.5 cm³/mol. The van der Waals surface area contributed by atoms with Gasteiger partial charge >= 0.3 is 0 Å². The number of H-pyrrole nitrogens is 1. The van der Waals surface area contributed by atoms with Crippen molar-refractivity contribution in [1.29, 1.82) is 0 Å². The molecule has 1 heteroatoms. The number of nitrogens with one attached hydrogen (secondary N) is 1. The van der Waals surface area contributed by atoms with Crippen LogP contribution in [0.5, 0.6) is 0 Å². The predicted octanol–water partition coefficient (Wildman–Crippen LogP) is 5.05. The van der Waals surface area contributed by atoms with Gasteiger partial charge in [0.2, 0.25) is 0 Å². The third-order valence-corrected chi connectivity index (χ3v) is 2.66. The van der Waals surface area contributed by atoms with E-state index in [-0.39, 0.29) is 0 Å². The molecular formula is C16H19N. The minimum atomic E-state index is 1.22. The van der Waals surface area contributed by atoms with Gasteiger partial charge in [-0.2, -0.15) is 0 Å². The van der Waals surface area contributed by atoms with Gasteiger partial charge in [-0.3, -0.25) is 0 Å². The Morgan fingerprint density at radius 1 is 0.882 bits per heavy atom. The molecular weight excluding hydrogens is 206 g/mol. The van der Waals surface area contributed by atoms with E-state index in [4.69, 9.17) is 0 Å². The van der Waals surface area contributed by atoms with Gasteiger partial charge in [0.1, 0.15) is 0 Å². The van der Waals surface area contributed by atoms with Crippen molar-refractivity contribution in [3.8, 4) is 0 Å². The van der Waals surface area contributed by atoms with Crippen molar-refractivity contribution in [2.24, 2.45) is 0 Å². The normalized spacial score (nSPS) is 10.3. The van der Waals surface area contributed by atoms with Gasteiger partial charge in [0.05, 0.1) is 0 Å². The standard InChI is InChI=1S/C13H11N.C3H8/c1-9-6-7-13-11(8-9)10-4-2-3-5-12(10)14-13;1-3-2/h2-8,14H,1H3;3H2,1-2H3. The Balaban J connectivity index is 0.000000329. The largest absolute Gasteiger partial charge is 0.355 e. The molecule has 0 saturated heterocycles. The summed E-state index contributed by atoms with van der Waals surface area (Å²) in [5, 5.41) is 2.63. The van der Waals surface area contributed by atoms with Crippen LogP contribution < -0.4 is 0 Å². The summed E-state index contributed by atoms with van der Waals surface area (Å²) in [6.07, 6.45) is 1.25. The Hall–Kier alpha value is -1.76. The number of rotatable bonds is 0. The number of para-hydroxylation sites is 1. The van der Waals surface area contributed by atoms with E-state index in [1.807, 2.05) is 0 Å². The summed E-state index contributed by atoms with van der Waals surface area (Å²) >= 11 is 0. The van der Waals surface area contributed by atoms with Crippen molar-refractivity contribution in [3.05, 3.63) is 48.0 Å². The minimum Gasteiger partial charge on any atom is -0.355 e. The lowest BCUT2D eigenvalue weighted by Gasteiger charge is -1.92. The molecule has 0 fully saturated rings. The molecule has 1 nitrogen and oxygen atoms in total. The molecule has 0 aliphatic heterocycles. The van der Waals surface area contributed by atoms with Crippen molar-refractivity contribution in [3.63, 3.8) is 0 Å². The van der Waals surface area contributed by atoms with Crippen molar-refractivity contribution < 1.29 is 0 Å². The van der Waals surface area contributed by atoms with E-state index >= 15 is 0 Å². The van der Waals surface area contributed by atoms with E-state index in [2.05, 4.69) is 68.2 Å². The lowest BCUT2D eigenvalue weighted by Crippen LogP contribution is -1.70.